The standard InChI is InChI=1S/C55H30O4S2/c1-55(2)47-21-35-15-37(23-45-51(56)41-17-31-11-27-7-3-4-8-28(27)12-32(31)18-42(41)52(45)57)60-49(35)25-39(47)40-26-50-36(22-48(40)55)16-38(61-50)24-46-53(58)43-19-33-13-29-9-5-6-10-30(29)14-34(33)20-44(43)54(46)59/h3-26H,1-2H3. The van der Waals surface area contributed by atoms with Crippen LogP contribution in [0.25, 0.3) is 86.5 Å². The summed E-state index contributed by atoms with van der Waals surface area (Å²) in [6.07, 6.45) is 3.54. The fraction of sp³-hybridized carbons (Fsp3) is 0.0545. The van der Waals surface area contributed by atoms with E-state index >= 15 is 0 Å². The second-order valence-electron chi connectivity index (χ2n) is 17.1. The van der Waals surface area contributed by atoms with Gasteiger partial charge in [-0.2, -0.15) is 0 Å². The molecule has 0 saturated heterocycles. The first-order chi connectivity index (χ1) is 29.6. The first-order valence-electron chi connectivity index (χ1n) is 20.3. The molecule has 0 N–H and O–H groups in total. The summed E-state index contributed by atoms with van der Waals surface area (Å²) in [7, 11) is 0. The van der Waals surface area contributed by atoms with Gasteiger partial charge in [-0.25, -0.2) is 0 Å². The Bertz CT molecular complexity index is 3460. The summed E-state index contributed by atoms with van der Waals surface area (Å²) in [5.74, 6) is -0.913. The monoisotopic (exact) mass is 818 g/mol. The number of thiophene rings is 2. The molecule has 61 heavy (non-hydrogen) atoms. The molecule has 0 amide bonds. The largest absolute Gasteiger partial charge is 0.288 e. The first kappa shape index (κ1) is 34.7. The summed E-state index contributed by atoms with van der Waals surface area (Å²) >= 11 is 3.17. The lowest BCUT2D eigenvalue weighted by Gasteiger charge is -2.21. The minimum Gasteiger partial charge on any atom is -0.288 e. The summed E-state index contributed by atoms with van der Waals surface area (Å²) in [5, 5.41) is 10.3. The van der Waals surface area contributed by atoms with Crippen LogP contribution in [0, 0.1) is 0 Å². The molecule has 286 valence electrons. The maximum Gasteiger partial charge on any atom is 0.197 e. The molecular weight excluding hydrogens is 789 g/mol. The minimum atomic E-state index is -0.286. The van der Waals surface area contributed by atoms with E-state index in [1.54, 1.807) is 34.8 Å². The number of Topliss-reactive ketones (excluding diaryl/α,β-unsaturated/α-hetero) is 4. The van der Waals surface area contributed by atoms with E-state index < -0.39 is 0 Å². The van der Waals surface area contributed by atoms with Crippen LogP contribution >= 0.6 is 22.7 Å². The quantitative estimate of drug-likeness (QED) is 0.0990. The Morgan fingerprint density at radius 2 is 0.689 bits per heavy atom. The normalized spacial score (nSPS) is 15.2. The molecule has 0 bridgehead atoms. The summed E-state index contributed by atoms with van der Waals surface area (Å²) < 4.78 is 2.16. The molecule has 0 spiro atoms. The lowest BCUT2D eigenvalue weighted by Crippen LogP contribution is -2.14. The zero-order chi connectivity index (χ0) is 41.1. The van der Waals surface area contributed by atoms with Crippen LogP contribution in [0.1, 0.15) is 76.2 Å². The van der Waals surface area contributed by atoms with E-state index in [4.69, 9.17) is 0 Å². The summed E-state index contributed by atoms with van der Waals surface area (Å²) in [6.45, 7) is 4.50. The average Bonchev–Trinajstić information content (AvgIpc) is 4.02. The highest BCUT2D eigenvalue weighted by molar-refractivity contribution is 7.20. The number of carbonyl (C=O) groups excluding carboxylic acids is 4. The third-order valence-electron chi connectivity index (χ3n) is 13.2. The number of allylic oxidation sites excluding steroid dienone is 2. The van der Waals surface area contributed by atoms with Gasteiger partial charge in [-0.3, -0.25) is 19.2 Å². The van der Waals surface area contributed by atoms with Gasteiger partial charge in [0, 0.05) is 46.8 Å². The minimum absolute atomic E-state index is 0.206. The third kappa shape index (κ3) is 4.92. The molecular formula is C55H30O4S2. The van der Waals surface area contributed by atoms with Crippen LogP contribution in [0.4, 0.5) is 0 Å². The summed E-state index contributed by atoms with van der Waals surface area (Å²) in [4.78, 5) is 56.8. The molecule has 3 aliphatic carbocycles. The van der Waals surface area contributed by atoms with Crippen LogP contribution in [-0.4, -0.2) is 23.1 Å². The molecule has 3 aliphatic rings. The van der Waals surface area contributed by atoms with Gasteiger partial charge in [-0.05, 0) is 173 Å². The predicted molar refractivity (Wildman–Crippen MR) is 251 cm³/mol. The lowest BCUT2D eigenvalue weighted by molar-refractivity contribution is 0.0975. The van der Waals surface area contributed by atoms with E-state index in [9.17, 15) is 19.2 Å². The van der Waals surface area contributed by atoms with E-state index in [2.05, 4.69) is 98.8 Å². The molecule has 2 heterocycles. The Kier molecular flexibility index (Phi) is 6.83. The predicted octanol–water partition coefficient (Wildman–Crippen LogP) is 14.0. The number of carbonyl (C=O) groups is 4. The molecule has 0 aliphatic heterocycles. The number of benzene rings is 8. The zero-order valence-electron chi connectivity index (χ0n) is 32.8. The Morgan fingerprint density at radius 1 is 0.361 bits per heavy atom. The fourth-order valence-corrected chi connectivity index (χ4v) is 12.1. The van der Waals surface area contributed by atoms with Crippen molar-refractivity contribution in [2.75, 3.05) is 0 Å². The molecule has 4 nitrogen and oxygen atoms in total. The SMILES string of the molecule is CC1(C)c2cc3cc(C=C4C(=O)c5cc6cc7ccccc7cc6cc5C4=O)sc3cc2-c2cc3sc(C=C4C(=O)c5cc6cc7ccccc7cc6cc5C4=O)cc3cc21. The molecule has 0 fully saturated rings. The molecule has 0 saturated carbocycles. The first-order valence-corrected chi connectivity index (χ1v) is 21.9. The van der Waals surface area contributed by atoms with Crippen LogP contribution in [0.15, 0.2) is 145 Å². The fourth-order valence-electron chi connectivity index (χ4n) is 10.1. The van der Waals surface area contributed by atoms with Crippen molar-refractivity contribution in [2.45, 2.75) is 19.3 Å². The number of hydrogen-bond acceptors (Lipinski definition) is 6. The van der Waals surface area contributed by atoms with Gasteiger partial charge in [-0.15, -0.1) is 22.7 Å². The number of fused-ring (bicyclic) bond motifs is 11. The summed E-state index contributed by atoms with van der Waals surface area (Å²) in [6, 6.07) is 45.2. The molecule has 6 heteroatoms. The molecule has 13 rings (SSSR count). The highest BCUT2D eigenvalue weighted by Gasteiger charge is 2.38. The van der Waals surface area contributed by atoms with E-state index in [0.29, 0.717) is 22.3 Å². The van der Waals surface area contributed by atoms with Crippen molar-refractivity contribution in [3.63, 3.8) is 0 Å². The van der Waals surface area contributed by atoms with Crippen LogP contribution in [-0.2, 0) is 5.41 Å². The molecule has 0 radical (unpaired) electrons. The smallest absolute Gasteiger partial charge is 0.197 e. The highest BCUT2D eigenvalue weighted by Crippen LogP contribution is 2.52. The topological polar surface area (TPSA) is 68.3 Å². The number of ketones is 4. The third-order valence-corrected chi connectivity index (χ3v) is 15.3. The molecule has 2 aromatic heterocycles. The van der Waals surface area contributed by atoms with Crippen LogP contribution in [0.5, 0.6) is 0 Å². The van der Waals surface area contributed by atoms with Crippen LogP contribution in [0.3, 0.4) is 0 Å². The van der Waals surface area contributed by atoms with Crippen LogP contribution < -0.4 is 0 Å². The van der Waals surface area contributed by atoms with Gasteiger partial charge in [0.2, 0.25) is 0 Å². The van der Waals surface area contributed by atoms with Crippen molar-refractivity contribution in [3.8, 4) is 11.1 Å². The van der Waals surface area contributed by atoms with Gasteiger partial charge in [0.1, 0.15) is 0 Å². The summed E-state index contributed by atoms with van der Waals surface area (Å²) in [5.41, 5.74) is 6.77. The van der Waals surface area contributed by atoms with Crippen molar-refractivity contribution >= 4 is 121 Å². The molecule has 0 atom stereocenters. The zero-order valence-corrected chi connectivity index (χ0v) is 34.4. The maximum atomic E-state index is 13.8. The van der Waals surface area contributed by atoms with Crippen molar-refractivity contribution in [1.29, 1.82) is 0 Å². The van der Waals surface area contributed by atoms with Crippen molar-refractivity contribution in [3.05, 3.63) is 188 Å². The van der Waals surface area contributed by atoms with Gasteiger partial charge in [0.05, 0.1) is 11.1 Å². The second-order valence-corrected chi connectivity index (χ2v) is 19.3. The van der Waals surface area contributed by atoms with Gasteiger partial charge < -0.3 is 0 Å². The van der Waals surface area contributed by atoms with Gasteiger partial charge in [0.15, 0.2) is 23.1 Å². The Morgan fingerprint density at radius 3 is 1.02 bits per heavy atom. The van der Waals surface area contributed by atoms with E-state index in [1.807, 2.05) is 48.5 Å². The van der Waals surface area contributed by atoms with Gasteiger partial charge in [-0.1, -0.05) is 62.4 Å². The van der Waals surface area contributed by atoms with Gasteiger partial charge in [0.25, 0.3) is 0 Å². The highest BCUT2D eigenvalue weighted by atomic mass is 32.1. The van der Waals surface area contributed by atoms with E-state index in [1.165, 1.54) is 22.3 Å². The Labute approximate surface area is 356 Å². The molecule has 0 unspecified atom stereocenters. The van der Waals surface area contributed by atoms with Crippen molar-refractivity contribution in [2.24, 2.45) is 0 Å². The lowest BCUT2D eigenvalue weighted by atomic mass is 9.82. The van der Waals surface area contributed by atoms with E-state index in [0.717, 1.165) is 73.0 Å². The number of hydrogen-bond donors (Lipinski definition) is 0. The Hall–Kier alpha value is -7.12. The maximum absolute atomic E-state index is 13.8. The van der Waals surface area contributed by atoms with Crippen molar-refractivity contribution < 1.29 is 19.2 Å². The molecule has 8 aromatic carbocycles. The van der Waals surface area contributed by atoms with Crippen molar-refractivity contribution in [1.82, 2.24) is 0 Å². The van der Waals surface area contributed by atoms with Crippen LogP contribution in [0.2, 0.25) is 0 Å². The Balaban J connectivity index is 0.841. The number of rotatable bonds is 2. The molecule has 10 aromatic rings. The van der Waals surface area contributed by atoms with Gasteiger partial charge >= 0.3 is 0 Å². The second kappa shape index (κ2) is 12.0. The van der Waals surface area contributed by atoms with E-state index in [-0.39, 0.29) is 39.7 Å². The average molecular weight is 819 g/mol.